The van der Waals surface area contributed by atoms with E-state index in [1.807, 2.05) is 5.38 Å². The Morgan fingerprint density at radius 2 is 2.00 bits per heavy atom. The number of ketones is 1. The molecule has 0 aromatic carbocycles. The van der Waals surface area contributed by atoms with Crippen molar-refractivity contribution in [3.63, 3.8) is 0 Å². The maximum absolute atomic E-state index is 12.8. The van der Waals surface area contributed by atoms with E-state index in [4.69, 9.17) is 4.42 Å². The van der Waals surface area contributed by atoms with Crippen LogP contribution in [-0.2, 0) is 0 Å². The van der Waals surface area contributed by atoms with E-state index in [1.54, 1.807) is 48.7 Å². The molecule has 128 valence electrons. The van der Waals surface area contributed by atoms with E-state index in [0.29, 0.717) is 32.0 Å². The van der Waals surface area contributed by atoms with E-state index in [9.17, 15) is 9.59 Å². The third-order valence-electron chi connectivity index (χ3n) is 3.45. The molecule has 26 heavy (non-hydrogen) atoms. The number of amides is 1. The SMILES string of the molecule is O=C(Nc1nc(-c2ccco2)c(C(=O)c2ccccn2)s1)c1cccs1. The lowest BCUT2D eigenvalue weighted by Gasteiger charge is -1.98. The van der Waals surface area contributed by atoms with E-state index in [-0.39, 0.29) is 11.7 Å². The van der Waals surface area contributed by atoms with Gasteiger partial charge in [0.05, 0.1) is 11.1 Å². The molecule has 0 spiro atoms. The summed E-state index contributed by atoms with van der Waals surface area (Å²) in [5, 5.41) is 4.89. The summed E-state index contributed by atoms with van der Waals surface area (Å²) in [6, 6.07) is 12.1. The fourth-order valence-corrected chi connectivity index (χ4v) is 3.82. The first-order chi connectivity index (χ1) is 12.7. The molecule has 0 aliphatic rings. The lowest BCUT2D eigenvalue weighted by atomic mass is 10.1. The summed E-state index contributed by atoms with van der Waals surface area (Å²) in [6.07, 6.45) is 3.06. The minimum Gasteiger partial charge on any atom is -0.463 e. The zero-order valence-corrected chi connectivity index (χ0v) is 14.8. The number of rotatable bonds is 5. The molecule has 0 aliphatic heterocycles. The van der Waals surface area contributed by atoms with Crippen molar-refractivity contribution in [2.24, 2.45) is 0 Å². The van der Waals surface area contributed by atoms with Crippen molar-refractivity contribution in [3.05, 3.63) is 75.8 Å². The summed E-state index contributed by atoms with van der Waals surface area (Å²) in [4.78, 5) is 34.5. The van der Waals surface area contributed by atoms with Crippen LogP contribution < -0.4 is 5.32 Å². The quantitative estimate of drug-likeness (QED) is 0.520. The summed E-state index contributed by atoms with van der Waals surface area (Å²) in [5.74, 6) is -0.0835. The van der Waals surface area contributed by atoms with Crippen LogP contribution in [0.4, 0.5) is 5.13 Å². The first-order valence-corrected chi connectivity index (χ1v) is 9.27. The third-order valence-corrected chi connectivity index (χ3v) is 5.29. The van der Waals surface area contributed by atoms with Crippen LogP contribution in [0.5, 0.6) is 0 Å². The van der Waals surface area contributed by atoms with Crippen LogP contribution in [0.15, 0.2) is 64.7 Å². The number of nitrogens with zero attached hydrogens (tertiary/aromatic N) is 2. The summed E-state index contributed by atoms with van der Waals surface area (Å²) >= 11 is 2.43. The van der Waals surface area contributed by atoms with Gasteiger partial charge in [-0.25, -0.2) is 4.98 Å². The predicted molar refractivity (Wildman–Crippen MR) is 99.8 cm³/mol. The molecule has 8 heteroatoms. The second-order valence-corrected chi connectivity index (χ2v) is 7.10. The fraction of sp³-hybridized carbons (Fsp3) is 0. The van der Waals surface area contributed by atoms with Crippen LogP contribution in [0.1, 0.15) is 25.0 Å². The Bertz CT molecular complexity index is 1040. The number of nitrogens with one attached hydrogen (secondary N) is 1. The van der Waals surface area contributed by atoms with E-state index < -0.39 is 0 Å². The molecular formula is C18H11N3O3S2. The fourth-order valence-electron chi connectivity index (χ4n) is 2.29. The zero-order chi connectivity index (χ0) is 17.9. The van der Waals surface area contributed by atoms with Gasteiger partial charge in [-0.15, -0.1) is 11.3 Å². The Morgan fingerprint density at radius 1 is 1.08 bits per heavy atom. The van der Waals surface area contributed by atoms with Gasteiger partial charge in [0.2, 0.25) is 5.78 Å². The lowest BCUT2D eigenvalue weighted by molar-refractivity contribution is 0.102. The Labute approximate surface area is 156 Å². The van der Waals surface area contributed by atoms with Crippen molar-refractivity contribution in [2.75, 3.05) is 5.32 Å². The summed E-state index contributed by atoms with van der Waals surface area (Å²) in [6.45, 7) is 0. The Morgan fingerprint density at radius 3 is 2.69 bits per heavy atom. The number of furan rings is 1. The second-order valence-electron chi connectivity index (χ2n) is 5.15. The van der Waals surface area contributed by atoms with E-state index in [2.05, 4.69) is 15.3 Å². The molecule has 0 saturated carbocycles. The van der Waals surface area contributed by atoms with Gasteiger partial charge in [0.15, 0.2) is 10.9 Å². The largest absolute Gasteiger partial charge is 0.463 e. The molecule has 1 amide bonds. The molecule has 0 atom stereocenters. The Hall–Kier alpha value is -3.10. The average Bonchev–Trinajstić information content (AvgIpc) is 3.42. The van der Waals surface area contributed by atoms with Crippen molar-refractivity contribution in [1.29, 1.82) is 0 Å². The molecule has 4 rings (SSSR count). The number of thiophene rings is 1. The molecule has 4 heterocycles. The van der Waals surface area contributed by atoms with Crippen molar-refractivity contribution >= 4 is 39.5 Å². The minimum atomic E-state index is -0.272. The van der Waals surface area contributed by atoms with Crippen molar-refractivity contribution in [2.45, 2.75) is 0 Å². The molecule has 1 N–H and O–H groups in total. The molecule has 6 nitrogen and oxygen atoms in total. The van der Waals surface area contributed by atoms with Gasteiger partial charge in [-0.1, -0.05) is 23.5 Å². The van der Waals surface area contributed by atoms with Crippen LogP contribution in [0.3, 0.4) is 0 Å². The van der Waals surface area contributed by atoms with Gasteiger partial charge in [-0.2, -0.15) is 0 Å². The normalized spacial score (nSPS) is 10.6. The van der Waals surface area contributed by atoms with Crippen LogP contribution in [-0.4, -0.2) is 21.7 Å². The number of anilines is 1. The maximum atomic E-state index is 12.8. The maximum Gasteiger partial charge on any atom is 0.267 e. The summed E-state index contributed by atoms with van der Waals surface area (Å²) in [7, 11) is 0. The molecule has 0 saturated heterocycles. The number of thiazole rings is 1. The number of carbonyl (C=O) groups is 2. The molecule has 4 aromatic heterocycles. The van der Waals surface area contributed by atoms with Crippen molar-refractivity contribution in [1.82, 2.24) is 9.97 Å². The van der Waals surface area contributed by atoms with Crippen LogP contribution in [0.25, 0.3) is 11.5 Å². The minimum absolute atomic E-state index is 0.267. The Kier molecular flexibility index (Phi) is 4.42. The topological polar surface area (TPSA) is 85.1 Å². The smallest absolute Gasteiger partial charge is 0.267 e. The van der Waals surface area contributed by atoms with E-state index >= 15 is 0 Å². The van der Waals surface area contributed by atoms with Crippen LogP contribution in [0.2, 0.25) is 0 Å². The second kappa shape index (κ2) is 7.03. The standard InChI is InChI=1S/C18H11N3O3S2/c22-15(11-5-1-2-8-19-11)16-14(12-6-3-9-24-12)20-18(26-16)21-17(23)13-7-4-10-25-13/h1-10H,(H,20,21,23). The molecular weight excluding hydrogens is 370 g/mol. The zero-order valence-electron chi connectivity index (χ0n) is 13.2. The number of hydrogen-bond donors (Lipinski definition) is 1. The average molecular weight is 381 g/mol. The van der Waals surface area contributed by atoms with Gasteiger partial charge in [-0.3, -0.25) is 19.9 Å². The highest BCUT2D eigenvalue weighted by Gasteiger charge is 2.24. The first-order valence-electron chi connectivity index (χ1n) is 7.57. The Balaban J connectivity index is 1.71. The van der Waals surface area contributed by atoms with Gasteiger partial charge in [-0.05, 0) is 35.7 Å². The van der Waals surface area contributed by atoms with Gasteiger partial charge >= 0.3 is 0 Å². The van der Waals surface area contributed by atoms with E-state index in [0.717, 1.165) is 11.3 Å². The number of carbonyl (C=O) groups excluding carboxylic acids is 2. The van der Waals surface area contributed by atoms with Crippen LogP contribution in [0, 0.1) is 0 Å². The highest BCUT2D eigenvalue weighted by Crippen LogP contribution is 2.33. The highest BCUT2D eigenvalue weighted by molar-refractivity contribution is 7.18. The van der Waals surface area contributed by atoms with E-state index in [1.165, 1.54) is 17.6 Å². The van der Waals surface area contributed by atoms with Crippen LogP contribution >= 0.6 is 22.7 Å². The van der Waals surface area contributed by atoms with Crippen molar-refractivity contribution < 1.29 is 14.0 Å². The van der Waals surface area contributed by atoms with Gasteiger partial charge in [0, 0.05) is 6.20 Å². The molecule has 0 aliphatic carbocycles. The van der Waals surface area contributed by atoms with Gasteiger partial charge < -0.3 is 4.42 Å². The summed E-state index contributed by atoms with van der Waals surface area (Å²) < 4.78 is 5.40. The van der Waals surface area contributed by atoms with Crippen molar-refractivity contribution in [3.8, 4) is 11.5 Å². The molecule has 0 bridgehead atoms. The molecule has 0 fully saturated rings. The van der Waals surface area contributed by atoms with Gasteiger partial charge in [0.25, 0.3) is 5.91 Å². The molecule has 0 unspecified atom stereocenters. The highest BCUT2D eigenvalue weighted by atomic mass is 32.1. The van der Waals surface area contributed by atoms with Gasteiger partial charge in [0.1, 0.15) is 16.3 Å². The predicted octanol–water partition coefficient (Wildman–Crippen LogP) is 4.34. The number of pyridine rings is 1. The summed E-state index contributed by atoms with van der Waals surface area (Å²) in [5.41, 5.74) is 0.692. The molecule has 4 aromatic rings. The molecule has 0 radical (unpaired) electrons. The first kappa shape index (κ1) is 16.4. The third kappa shape index (κ3) is 3.19. The number of aromatic nitrogens is 2. The lowest BCUT2D eigenvalue weighted by Crippen LogP contribution is -2.09. The number of hydrogen-bond acceptors (Lipinski definition) is 7. The monoisotopic (exact) mass is 381 g/mol.